The van der Waals surface area contributed by atoms with E-state index in [2.05, 4.69) is 31.8 Å². The molecule has 2 fully saturated rings. The first-order valence-electron chi connectivity index (χ1n) is 10.1. The molecule has 7 nitrogen and oxygen atoms in total. The van der Waals surface area contributed by atoms with Gasteiger partial charge in [-0.05, 0) is 30.2 Å². The summed E-state index contributed by atoms with van der Waals surface area (Å²) in [6, 6.07) is 10.4. The van der Waals surface area contributed by atoms with Crippen LogP contribution in [0.4, 0.5) is 11.8 Å². The van der Waals surface area contributed by atoms with Crippen molar-refractivity contribution in [2.45, 2.75) is 6.42 Å². The number of methoxy groups -OCH3 is 1. The lowest BCUT2D eigenvalue weighted by Gasteiger charge is -2.35. The van der Waals surface area contributed by atoms with Crippen molar-refractivity contribution >= 4 is 11.8 Å². The van der Waals surface area contributed by atoms with Crippen molar-refractivity contribution in [2.24, 2.45) is 0 Å². The molecule has 1 aromatic carbocycles. The molecule has 2 aliphatic rings. The summed E-state index contributed by atoms with van der Waals surface area (Å²) in [6.07, 6.45) is 2.94. The van der Waals surface area contributed by atoms with Crippen LogP contribution in [0.1, 0.15) is 5.56 Å². The van der Waals surface area contributed by atoms with Crippen LogP contribution in [-0.2, 0) is 11.2 Å². The van der Waals surface area contributed by atoms with Gasteiger partial charge < -0.3 is 19.3 Å². The normalized spacial score (nSPS) is 18.3. The van der Waals surface area contributed by atoms with Gasteiger partial charge in [0, 0.05) is 52.0 Å². The molecule has 0 saturated carbocycles. The summed E-state index contributed by atoms with van der Waals surface area (Å²) in [6.45, 7) is 8.44. The Morgan fingerprint density at radius 1 is 0.929 bits per heavy atom. The van der Waals surface area contributed by atoms with Gasteiger partial charge >= 0.3 is 0 Å². The van der Waals surface area contributed by atoms with Gasteiger partial charge in [0.05, 0.1) is 20.3 Å². The van der Waals surface area contributed by atoms with Gasteiger partial charge in [-0.1, -0.05) is 12.1 Å². The van der Waals surface area contributed by atoms with E-state index in [0.717, 1.165) is 83.0 Å². The number of rotatable bonds is 6. The van der Waals surface area contributed by atoms with E-state index in [9.17, 15) is 0 Å². The minimum absolute atomic E-state index is 0.770. The molecule has 2 saturated heterocycles. The molecule has 0 amide bonds. The standard InChI is InChI=1S/C21H29N5O2/c1-27-19-4-2-18(3-5-19)7-9-24-10-12-26(13-11-24)21-22-8-6-20(23-21)25-14-16-28-17-15-25/h2-6,8H,7,9-17H2,1H3. The highest BCUT2D eigenvalue weighted by Crippen LogP contribution is 2.18. The number of benzene rings is 1. The molecule has 0 spiro atoms. The molecular formula is C21H29N5O2. The zero-order chi connectivity index (χ0) is 19.2. The molecule has 7 heteroatoms. The maximum absolute atomic E-state index is 5.44. The van der Waals surface area contributed by atoms with Crippen LogP contribution in [0.2, 0.25) is 0 Å². The van der Waals surface area contributed by atoms with Crippen molar-refractivity contribution in [1.82, 2.24) is 14.9 Å². The third kappa shape index (κ3) is 4.72. The maximum atomic E-state index is 5.44. The number of hydrogen-bond acceptors (Lipinski definition) is 7. The molecule has 2 aromatic rings. The summed E-state index contributed by atoms with van der Waals surface area (Å²) in [5.41, 5.74) is 1.35. The average Bonchev–Trinajstić information content (AvgIpc) is 2.79. The molecule has 0 atom stereocenters. The summed E-state index contributed by atoms with van der Waals surface area (Å²) in [5.74, 6) is 2.77. The van der Waals surface area contributed by atoms with E-state index in [-0.39, 0.29) is 0 Å². The van der Waals surface area contributed by atoms with E-state index in [1.165, 1.54) is 5.56 Å². The van der Waals surface area contributed by atoms with Crippen LogP contribution in [0.25, 0.3) is 0 Å². The molecule has 2 aliphatic heterocycles. The Morgan fingerprint density at radius 3 is 2.39 bits per heavy atom. The number of nitrogens with zero attached hydrogens (tertiary/aromatic N) is 5. The van der Waals surface area contributed by atoms with E-state index in [4.69, 9.17) is 14.5 Å². The van der Waals surface area contributed by atoms with Crippen molar-refractivity contribution in [3.8, 4) is 5.75 Å². The van der Waals surface area contributed by atoms with Gasteiger partial charge in [-0.15, -0.1) is 0 Å². The Labute approximate surface area is 166 Å². The van der Waals surface area contributed by atoms with Crippen LogP contribution in [0.15, 0.2) is 36.5 Å². The van der Waals surface area contributed by atoms with Gasteiger partial charge in [-0.3, -0.25) is 4.90 Å². The minimum Gasteiger partial charge on any atom is -0.497 e. The number of morpholine rings is 1. The third-order valence-corrected chi connectivity index (χ3v) is 5.49. The molecule has 0 N–H and O–H groups in total. The summed E-state index contributed by atoms with van der Waals surface area (Å²) >= 11 is 0. The fourth-order valence-electron chi connectivity index (χ4n) is 3.71. The second kappa shape index (κ2) is 9.21. The topological polar surface area (TPSA) is 54.0 Å². The van der Waals surface area contributed by atoms with Crippen LogP contribution in [0, 0.1) is 0 Å². The largest absolute Gasteiger partial charge is 0.497 e. The van der Waals surface area contributed by atoms with Crippen molar-refractivity contribution < 1.29 is 9.47 Å². The summed E-state index contributed by atoms with van der Waals surface area (Å²) in [4.78, 5) is 16.4. The number of piperazine rings is 1. The van der Waals surface area contributed by atoms with Crippen LogP contribution < -0.4 is 14.5 Å². The van der Waals surface area contributed by atoms with Gasteiger partial charge in [0.15, 0.2) is 0 Å². The van der Waals surface area contributed by atoms with E-state index in [1.54, 1.807) is 7.11 Å². The van der Waals surface area contributed by atoms with Gasteiger partial charge in [-0.2, -0.15) is 4.98 Å². The lowest BCUT2D eigenvalue weighted by molar-refractivity contribution is 0.122. The molecular weight excluding hydrogens is 354 g/mol. The molecule has 0 unspecified atom stereocenters. The Kier molecular flexibility index (Phi) is 6.24. The van der Waals surface area contributed by atoms with Gasteiger partial charge in [0.25, 0.3) is 0 Å². The van der Waals surface area contributed by atoms with Crippen LogP contribution in [-0.4, -0.2) is 81.0 Å². The Morgan fingerprint density at radius 2 is 1.68 bits per heavy atom. The first-order chi connectivity index (χ1) is 13.8. The lowest BCUT2D eigenvalue weighted by Crippen LogP contribution is -2.47. The molecule has 1 aromatic heterocycles. The SMILES string of the molecule is COc1ccc(CCN2CCN(c3nccc(N4CCOCC4)n3)CC2)cc1. The Hall–Kier alpha value is -2.38. The Balaban J connectivity index is 1.27. The molecule has 3 heterocycles. The van der Waals surface area contributed by atoms with E-state index < -0.39 is 0 Å². The van der Waals surface area contributed by atoms with Crippen LogP contribution in [0.3, 0.4) is 0 Å². The predicted molar refractivity (Wildman–Crippen MR) is 110 cm³/mol. The zero-order valence-corrected chi connectivity index (χ0v) is 16.6. The van der Waals surface area contributed by atoms with Crippen LogP contribution in [0.5, 0.6) is 5.75 Å². The first-order valence-corrected chi connectivity index (χ1v) is 10.1. The number of hydrogen-bond donors (Lipinski definition) is 0. The summed E-state index contributed by atoms with van der Waals surface area (Å²) in [7, 11) is 1.70. The summed E-state index contributed by atoms with van der Waals surface area (Å²) in [5, 5.41) is 0. The van der Waals surface area contributed by atoms with Crippen molar-refractivity contribution in [3.05, 3.63) is 42.1 Å². The lowest BCUT2D eigenvalue weighted by atomic mass is 10.1. The number of ether oxygens (including phenoxy) is 2. The number of aromatic nitrogens is 2. The quantitative estimate of drug-likeness (QED) is 0.752. The van der Waals surface area contributed by atoms with Gasteiger partial charge in [-0.25, -0.2) is 4.98 Å². The zero-order valence-electron chi connectivity index (χ0n) is 16.6. The van der Waals surface area contributed by atoms with Crippen molar-refractivity contribution in [3.63, 3.8) is 0 Å². The predicted octanol–water partition coefficient (Wildman–Crippen LogP) is 1.69. The first kappa shape index (κ1) is 19.0. The van der Waals surface area contributed by atoms with E-state index >= 15 is 0 Å². The monoisotopic (exact) mass is 383 g/mol. The molecule has 150 valence electrons. The fourth-order valence-corrected chi connectivity index (χ4v) is 3.71. The third-order valence-electron chi connectivity index (χ3n) is 5.49. The highest BCUT2D eigenvalue weighted by Gasteiger charge is 2.20. The average molecular weight is 383 g/mol. The minimum atomic E-state index is 0.770. The van der Waals surface area contributed by atoms with Gasteiger partial charge in [0.1, 0.15) is 11.6 Å². The molecule has 28 heavy (non-hydrogen) atoms. The van der Waals surface area contributed by atoms with Gasteiger partial charge in [0.2, 0.25) is 5.95 Å². The molecule has 0 bridgehead atoms. The summed E-state index contributed by atoms with van der Waals surface area (Å²) < 4.78 is 10.7. The number of anilines is 2. The smallest absolute Gasteiger partial charge is 0.227 e. The molecule has 0 aliphatic carbocycles. The van der Waals surface area contributed by atoms with E-state index in [1.807, 2.05) is 24.4 Å². The second-order valence-corrected chi connectivity index (χ2v) is 7.24. The van der Waals surface area contributed by atoms with Crippen LogP contribution >= 0.6 is 0 Å². The highest BCUT2D eigenvalue weighted by atomic mass is 16.5. The van der Waals surface area contributed by atoms with E-state index in [0.29, 0.717) is 0 Å². The van der Waals surface area contributed by atoms with Crippen molar-refractivity contribution in [1.29, 1.82) is 0 Å². The molecule has 4 rings (SSSR count). The van der Waals surface area contributed by atoms with Crippen molar-refractivity contribution in [2.75, 3.05) is 75.9 Å². The molecule has 0 radical (unpaired) electrons. The highest BCUT2D eigenvalue weighted by molar-refractivity contribution is 5.44. The fraction of sp³-hybridized carbons (Fsp3) is 0.524. The second-order valence-electron chi connectivity index (χ2n) is 7.24. The Bertz CT molecular complexity index is 741. The maximum Gasteiger partial charge on any atom is 0.227 e.